The number of hydrogen-bond donors (Lipinski definition) is 1. The fourth-order valence-corrected chi connectivity index (χ4v) is 3.17. The Labute approximate surface area is 133 Å². The lowest BCUT2D eigenvalue weighted by molar-refractivity contribution is -0.116. The van der Waals surface area contributed by atoms with Gasteiger partial charge < -0.3 is 9.88 Å². The number of aromatic nitrogens is 1. The highest BCUT2D eigenvalue weighted by Crippen LogP contribution is 2.25. The van der Waals surface area contributed by atoms with Gasteiger partial charge in [0.15, 0.2) is 0 Å². The van der Waals surface area contributed by atoms with Crippen molar-refractivity contribution in [2.75, 3.05) is 5.32 Å². The predicted molar refractivity (Wildman–Crippen MR) is 85.7 cm³/mol. The molecule has 0 aliphatic carbocycles. The normalized spacial score (nSPS) is 10.6. The van der Waals surface area contributed by atoms with E-state index in [2.05, 4.69) is 21.2 Å². The highest BCUT2D eigenvalue weighted by Gasteiger charge is 2.08. The van der Waals surface area contributed by atoms with E-state index >= 15 is 0 Å². The van der Waals surface area contributed by atoms with E-state index in [1.165, 1.54) is 0 Å². The van der Waals surface area contributed by atoms with Crippen molar-refractivity contribution in [1.29, 1.82) is 0 Å². The van der Waals surface area contributed by atoms with Gasteiger partial charge in [-0.05, 0) is 25.1 Å². The van der Waals surface area contributed by atoms with Crippen molar-refractivity contribution in [3.63, 3.8) is 0 Å². The summed E-state index contributed by atoms with van der Waals surface area (Å²) in [7, 11) is 0. The highest BCUT2D eigenvalue weighted by molar-refractivity contribution is 9.10. The van der Waals surface area contributed by atoms with Crippen molar-refractivity contribution >= 4 is 50.5 Å². The van der Waals surface area contributed by atoms with E-state index in [0.29, 0.717) is 17.3 Å². The van der Waals surface area contributed by atoms with Crippen LogP contribution >= 0.6 is 38.9 Å². The van der Waals surface area contributed by atoms with E-state index in [-0.39, 0.29) is 17.2 Å². The summed E-state index contributed by atoms with van der Waals surface area (Å²) in [6.07, 6.45) is 0.226. The van der Waals surface area contributed by atoms with Crippen LogP contribution in [0.4, 0.5) is 5.69 Å². The van der Waals surface area contributed by atoms with E-state index in [0.717, 1.165) is 21.5 Å². The van der Waals surface area contributed by atoms with Gasteiger partial charge in [-0.1, -0.05) is 38.9 Å². The molecule has 0 unspecified atom stereocenters. The molecule has 0 bridgehead atoms. The van der Waals surface area contributed by atoms with Crippen molar-refractivity contribution in [2.24, 2.45) is 0 Å². The molecule has 0 radical (unpaired) electrons. The van der Waals surface area contributed by atoms with Crippen LogP contribution in [0, 0.1) is 6.92 Å². The third kappa shape index (κ3) is 3.71. The van der Waals surface area contributed by atoms with Crippen LogP contribution in [0.3, 0.4) is 0 Å². The van der Waals surface area contributed by atoms with Crippen LogP contribution in [0.2, 0.25) is 5.02 Å². The molecule has 7 heteroatoms. The quantitative estimate of drug-likeness (QED) is 0.886. The first kappa shape index (κ1) is 15.3. The minimum absolute atomic E-state index is 0.0445. The van der Waals surface area contributed by atoms with Gasteiger partial charge in [-0.15, -0.1) is 0 Å². The Morgan fingerprint density at radius 3 is 2.85 bits per heavy atom. The second kappa shape index (κ2) is 6.56. The van der Waals surface area contributed by atoms with Crippen LogP contribution in [-0.2, 0) is 11.3 Å². The Morgan fingerprint density at radius 2 is 2.25 bits per heavy atom. The topological polar surface area (TPSA) is 51.1 Å². The molecule has 0 aliphatic rings. The molecule has 1 N–H and O–H groups in total. The van der Waals surface area contributed by atoms with Crippen molar-refractivity contribution in [3.05, 3.63) is 48.4 Å². The van der Waals surface area contributed by atoms with Gasteiger partial charge in [0.05, 0.1) is 10.7 Å². The molecule has 2 rings (SSSR count). The van der Waals surface area contributed by atoms with Gasteiger partial charge in [0.25, 0.3) is 0 Å². The zero-order valence-electron chi connectivity index (χ0n) is 10.7. The lowest BCUT2D eigenvalue weighted by Gasteiger charge is -2.08. The van der Waals surface area contributed by atoms with Crippen LogP contribution < -0.4 is 10.2 Å². The molecule has 20 heavy (non-hydrogen) atoms. The van der Waals surface area contributed by atoms with Crippen LogP contribution in [0.15, 0.2) is 32.8 Å². The molecule has 1 amide bonds. The lowest BCUT2D eigenvalue weighted by Crippen LogP contribution is -2.20. The maximum absolute atomic E-state index is 11.9. The summed E-state index contributed by atoms with van der Waals surface area (Å²) in [4.78, 5) is 23.4. The molecule has 0 aliphatic heterocycles. The van der Waals surface area contributed by atoms with Gasteiger partial charge in [0.2, 0.25) is 5.91 Å². The van der Waals surface area contributed by atoms with Gasteiger partial charge in [-0.25, -0.2) is 0 Å². The van der Waals surface area contributed by atoms with E-state index in [9.17, 15) is 9.59 Å². The number of aryl methyl sites for hydroxylation is 1. The van der Waals surface area contributed by atoms with Gasteiger partial charge in [-0.2, -0.15) is 0 Å². The fourth-order valence-electron chi connectivity index (χ4n) is 1.69. The van der Waals surface area contributed by atoms with Crippen LogP contribution in [-0.4, -0.2) is 10.5 Å². The molecule has 0 saturated carbocycles. The molecule has 0 saturated heterocycles. The van der Waals surface area contributed by atoms with Crippen molar-refractivity contribution < 1.29 is 4.79 Å². The van der Waals surface area contributed by atoms with Gasteiger partial charge in [-0.3, -0.25) is 9.59 Å². The number of halogens is 2. The van der Waals surface area contributed by atoms with Crippen LogP contribution in [0.1, 0.15) is 12.1 Å². The van der Waals surface area contributed by atoms with Crippen LogP contribution in [0.5, 0.6) is 0 Å². The van der Waals surface area contributed by atoms with Crippen molar-refractivity contribution in [3.8, 4) is 0 Å². The number of nitrogens with zero attached hydrogens (tertiary/aromatic N) is 1. The summed E-state index contributed by atoms with van der Waals surface area (Å²) in [6, 6.07) is 5.24. The number of carbonyl (C=O) groups is 1. The highest BCUT2D eigenvalue weighted by atomic mass is 79.9. The first-order valence-electron chi connectivity index (χ1n) is 5.87. The Hall–Kier alpha value is -1.11. The Bertz CT molecular complexity index is 696. The van der Waals surface area contributed by atoms with Gasteiger partial charge in [0.1, 0.15) is 0 Å². The van der Waals surface area contributed by atoms with E-state index < -0.39 is 0 Å². The van der Waals surface area contributed by atoms with Gasteiger partial charge >= 0.3 is 4.87 Å². The first-order chi connectivity index (χ1) is 9.47. The molecule has 0 atom stereocenters. The molecule has 0 fully saturated rings. The number of anilines is 1. The third-order valence-corrected chi connectivity index (χ3v) is 4.43. The minimum Gasteiger partial charge on any atom is -0.325 e. The summed E-state index contributed by atoms with van der Waals surface area (Å²) in [5.41, 5.74) is 1.43. The summed E-state index contributed by atoms with van der Waals surface area (Å²) in [5.74, 6) is -0.174. The summed E-state index contributed by atoms with van der Waals surface area (Å²) < 4.78 is 2.44. The van der Waals surface area contributed by atoms with E-state index in [4.69, 9.17) is 11.6 Å². The number of rotatable bonds is 4. The third-order valence-electron chi connectivity index (χ3n) is 2.74. The molecule has 0 spiro atoms. The van der Waals surface area contributed by atoms with E-state index in [1.54, 1.807) is 28.1 Å². The average molecular weight is 376 g/mol. The maximum Gasteiger partial charge on any atom is 0.307 e. The average Bonchev–Trinajstić information content (AvgIpc) is 2.70. The number of thiazole rings is 1. The lowest BCUT2D eigenvalue weighted by atomic mass is 10.3. The maximum atomic E-state index is 11.9. The summed E-state index contributed by atoms with van der Waals surface area (Å²) in [6.45, 7) is 2.22. The molecule has 1 aromatic heterocycles. The second-order valence-electron chi connectivity index (χ2n) is 4.22. The number of carbonyl (C=O) groups excluding carboxylic acids is 1. The Kier molecular flexibility index (Phi) is 5.01. The van der Waals surface area contributed by atoms with Crippen molar-refractivity contribution in [1.82, 2.24) is 4.57 Å². The molecule has 4 nitrogen and oxygen atoms in total. The minimum atomic E-state index is -0.174. The van der Waals surface area contributed by atoms with E-state index in [1.807, 2.05) is 6.92 Å². The molecule has 1 aromatic carbocycles. The number of amides is 1. The zero-order valence-corrected chi connectivity index (χ0v) is 13.8. The monoisotopic (exact) mass is 374 g/mol. The van der Waals surface area contributed by atoms with Crippen molar-refractivity contribution in [2.45, 2.75) is 19.9 Å². The Morgan fingerprint density at radius 1 is 1.50 bits per heavy atom. The number of hydrogen-bond acceptors (Lipinski definition) is 3. The molecular weight excluding hydrogens is 364 g/mol. The number of nitrogens with one attached hydrogen (secondary N) is 1. The molecule has 2 aromatic rings. The SMILES string of the molecule is Cc1csc(=O)n1CCC(=O)Nc1ccc(Br)cc1Cl. The summed E-state index contributed by atoms with van der Waals surface area (Å²) in [5, 5.41) is 4.99. The summed E-state index contributed by atoms with van der Waals surface area (Å²) >= 11 is 10.5. The molecular formula is C13H12BrClN2O2S. The largest absolute Gasteiger partial charge is 0.325 e. The molecule has 1 heterocycles. The predicted octanol–water partition coefficient (Wildman–Crippen LogP) is 3.66. The standard InChI is InChI=1S/C13H12BrClN2O2S/c1-8-7-20-13(19)17(8)5-4-12(18)16-11-3-2-9(14)6-10(11)15/h2-3,6-7H,4-5H2,1H3,(H,16,18). The van der Waals surface area contributed by atoms with Crippen LogP contribution in [0.25, 0.3) is 0 Å². The fraction of sp³-hybridized carbons (Fsp3) is 0.231. The second-order valence-corrected chi connectivity index (χ2v) is 6.36. The zero-order chi connectivity index (χ0) is 14.7. The smallest absolute Gasteiger partial charge is 0.307 e. The van der Waals surface area contributed by atoms with Gasteiger partial charge in [0, 0.05) is 28.5 Å². The molecule has 106 valence electrons. The first-order valence-corrected chi connectivity index (χ1v) is 7.92. The Balaban J connectivity index is 1.98. The number of benzene rings is 1.